The van der Waals surface area contributed by atoms with Crippen molar-refractivity contribution >= 4 is 17.8 Å². The second kappa shape index (κ2) is 5.71. The lowest BCUT2D eigenvalue weighted by Crippen LogP contribution is -2.53. The molecule has 0 saturated carbocycles. The van der Waals surface area contributed by atoms with Crippen LogP contribution in [0.1, 0.15) is 25.7 Å². The Morgan fingerprint density at radius 3 is 2.67 bits per heavy atom. The molecule has 0 aliphatic carbocycles. The zero-order valence-electron chi connectivity index (χ0n) is 12.0. The van der Waals surface area contributed by atoms with Crippen LogP contribution in [0.5, 0.6) is 0 Å². The third-order valence-corrected chi connectivity index (χ3v) is 3.91. The van der Waals surface area contributed by atoms with Crippen LogP contribution < -0.4 is 10.2 Å². The molecule has 0 aromatic carbocycles. The van der Waals surface area contributed by atoms with E-state index in [4.69, 9.17) is 4.42 Å². The highest BCUT2D eigenvalue weighted by Crippen LogP contribution is 2.17. The highest BCUT2D eigenvalue weighted by molar-refractivity contribution is 5.90. The van der Waals surface area contributed by atoms with Crippen LogP contribution in [-0.2, 0) is 16.0 Å². The summed E-state index contributed by atoms with van der Waals surface area (Å²) < 4.78 is 5.53. The number of aryl methyl sites for hydroxylation is 1. The molecule has 0 spiro atoms. The largest absolute Gasteiger partial charge is 0.408 e. The topological polar surface area (TPSA) is 91.6 Å². The van der Waals surface area contributed by atoms with Crippen LogP contribution in [0.25, 0.3) is 0 Å². The number of rotatable bonds is 3. The number of piperazine rings is 1. The molecule has 21 heavy (non-hydrogen) atoms. The van der Waals surface area contributed by atoms with Gasteiger partial charge in [0, 0.05) is 39.0 Å². The summed E-state index contributed by atoms with van der Waals surface area (Å²) in [6, 6.07) is 0.173. The number of aromatic nitrogens is 2. The normalized spacial score (nSPS) is 22.5. The Morgan fingerprint density at radius 2 is 2.10 bits per heavy atom. The van der Waals surface area contributed by atoms with E-state index in [1.807, 2.05) is 11.8 Å². The molecule has 2 fully saturated rings. The molecule has 3 rings (SSSR count). The second-order valence-corrected chi connectivity index (χ2v) is 5.30. The molecule has 2 aliphatic rings. The monoisotopic (exact) mass is 293 g/mol. The molecule has 0 bridgehead atoms. The molecule has 2 saturated heterocycles. The van der Waals surface area contributed by atoms with E-state index in [9.17, 15) is 9.59 Å². The molecule has 114 valence electrons. The summed E-state index contributed by atoms with van der Waals surface area (Å²) >= 11 is 0. The summed E-state index contributed by atoms with van der Waals surface area (Å²) in [5.74, 6) is 0.599. The van der Waals surface area contributed by atoms with Gasteiger partial charge in [-0.05, 0) is 6.42 Å². The number of hydrogen-bond acceptors (Lipinski definition) is 6. The third kappa shape index (κ3) is 2.84. The summed E-state index contributed by atoms with van der Waals surface area (Å²) in [6.07, 6.45) is 1.76. The summed E-state index contributed by atoms with van der Waals surface area (Å²) in [5, 5.41) is 10.7. The van der Waals surface area contributed by atoms with Crippen molar-refractivity contribution in [3.8, 4) is 0 Å². The van der Waals surface area contributed by atoms with Gasteiger partial charge in [0.05, 0.1) is 0 Å². The molecular formula is C13H19N5O3. The Hall–Kier alpha value is -2.12. The fourth-order valence-corrected chi connectivity index (χ4v) is 2.65. The van der Waals surface area contributed by atoms with Crippen LogP contribution in [0.2, 0.25) is 0 Å². The van der Waals surface area contributed by atoms with E-state index in [-0.39, 0.29) is 17.9 Å². The molecule has 2 aliphatic heterocycles. The molecular weight excluding hydrogens is 274 g/mol. The Kier molecular flexibility index (Phi) is 3.76. The molecule has 1 atom stereocenters. The van der Waals surface area contributed by atoms with E-state index in [0.29, 0.717) is 57.3 Å². The lowest BCUT2D eigenvalue weighted by molar-refractivity contribution is -0.134. The van der Waals surface area contributed by atoms with Crippen LogP contribution in [0.15, 0.2) is 4.42 Å². The maximum atomic E-state index is 12.3. The number of nitrogens with zero attached hydrogens (tertiary/aromatic N) is 4. The molecule has 1 N–H and O–H groups in total. The summed E-state index contributed by atoms with van der Waals surface area (Å²) in [7, 11) is 0. The van der Waals surface area contributed by atoms with E-state index in [0.717, 1.165) is 0 Å². The van der Waals surface area contributed by atoms with Crippen LogP contribution in [0.3, 0.4) is 0 Å². The Morgan fingerprint density at radius 1 is 1.33 bits per heavy atom. The van der Waals surface area contributed by atoms with E-state index < -0.39 is 0 Å². The Bertz CT molecular complexity index is 536. The quantitative estimate of drug-likeness (QED) is 0.812. The van der Waals surface area contributed by atoms with Crippen LogP contribution in [0.4, 0.5) is 6.01 Å². The number of nitrogens with one attached hydrogen (secondary N) is 1. The summed E-state index contributed by atoms with van der Waals surface area (Å²) in [4.78, 5) is 27.3. The molecule has 2 amide bonds. The number of amides is 2. The first-order valence-electron chi connectivity index (χ1n) is 7.33. The number of hydrogen-bond donors (Lipinski definition) is 1. The second-order valence-electron chi connectivity index (χ2n) is 5.30. The van der Waals surface area contributed by atoms with Crippen molar-refractivity contribution in [1.29, 1.82) is 0 Å². The Labute approximate surface area is 122 Å². The summed E-state index contributed by atoms with van der Waals surface area (Å²) in [5.41, 5.74) is 0. The van der Waals surface area contributed by atoms with Crippen molar-refractivity contribution in [2.75, 3.05) is 31.1 Å². The van der Waals surface area contributed by atoms with Gasteiger partial charge in [0.2, 0.25) is 17.7 Å². The predicted molar refractivity (Wildman–Crippen MR) is 73.6 cm³/mol. The molecule has 1 unspecified atom stereocenters. The van der Waals surface area contributed by atoms with E-state index >= 15 is 0 Å². The van der Waals surface area contributed by atoms with Gasteiger partial charge in [-0.25, -0.2) is 0 Å². The van der Waals surface area contributed by atoms with Gasteiger partial charge in [0.25, 0.3) is 0 Å². The van der Waals surface area contributed by atoms with Crippen molar-refractivity contribution in [2.24, 2.45) is 0 Å². The first-order valence-corrected chi connectivity index (χ1v) is 7.33. The van der Waals surface area contributed by atoms with Crippen molar-refractivity contribution in [1.82, 2.24) is 20.4 Å². The smallest absolute Gasteiger partial charge is 0.318 e. The zero-order valence-corrected chi connectivity index (χ0v) is 12.0. The number of carbonyl (C=O) groups is 2. The Balaban J connectivity index is 1.55. The van der Waals surface area contributed by atoms with Crippen molar-refractivity contribution in [3.05, 3.63) is 5.89 Å². The molecule has 1 aromatic heterocycles. The average molecular weight is 293 g/mol. The molecule has 8 nitrogen and oxygen atoms in total. The molecule has 1 aromatic rings. The van der Waals surface area contributed by atoms with Crippen LogP contribution in [-0.4, -0.2) is 59.1 Å². The average Bonchev–Trinajstić information content (AvgIpc) is 3.15. The van der Waals surface area contributed by atoms with Gasteiger partial charge < -0.3 is 19.5 Å². The highest BCUT2D eigenvalue weighted by atomic mass is 16.4. The predicted octanol–water partition coefficient (Wildman–Crippen LogP) is -0.441. The first kappa shape index (κ1) is 13.8. The van der Waals surface area contributed by atoms with E-state index in [1.165, 1.54) is 0 Å². The molecule has 3 heterocycles. The van der Waals surface area contributed by atoms with Gasteiger partial charge in [-0.15, -0.1) is 5.10 Å². The van der Waals surface area contributed by atoms with Crippen molar-refractivity contribution < 1.29 is 14.0 Å². The van der Waals surface area contributed by atoms with Gasteiger partial charge in [0.1, 0.15) is 6.04 Å². The van der Waals surface area contributed by atoms with E-state index in [1.54, 1.807) is 4.90 Å². The zero-order chi connectivity index (χ0) is 14.8. The van der Waals surface area contributed by atoms with Crippen molar-refractivity contribution in [2.45, 2.75) is 32.2 Å². The fourth-order valence-electron chi connectivity index (χ4n) is 2.65. The van der Waals surface area contributed by atoms with Crippen molar-refractivity contribution in [3.63, 3.8) is 0 Å². The van der Waals surface area contributed by atoms with Gasteiger partial charge in [0.15, 0.2) is 0 Å². The number of anilines is 1. The summed E-state index contributed by atoms with van der Waals surface area (Å²) in [6.45, 7) is 4.50. The third-order valence-electron chi connectivity index (χ3n) is 3.91. The minimum Gasteiger partial charge on any atom is -0.408 e. The van der Waals surface area contributed by atoms with Gasteiger partial charge in [-0.2, -0.15) is 0 Å². The maximum Gasteiger partial charge on any atom is 0.318 e. The van der Waals surface area contributed by atoms with E-state index in [2.05, 4.69) is 15.5 Å². The number of carbonyl (C=O) groups excluding carboxylic acids is 2. The van der Waals surface area contributed by atoms with Gasteiger partial charge >= 0.3 is 6.01 Å². The fraction of sp³-hybridized carbons (Fsp3) is 0.692. The maximum absolute atomic E-state index is 12.3. The lowest BCUT2D eigenvalue weighted by atomic mass is 10.2. The van der Waals surface area contributed by atoms with Crippen LogP contribution >= 0.6 is 0 Å². The molecule has 0 radical (unpaired) electrons. The molecule has 8 heteroatoms. The minimum absolute atomic E-state index is 0.0141. The van der Waals surface area contributed by atoms with Gasteiger partial charge in [-0.1, -0.05) is 12.0 Å². The SMILES string of the molecule is CCc1nnc(N2CCN(C(=O)C3CCC(=O)N3)CC2)o1. The standard InChI is InChI=1S/C13H19N5O3/c1-2-11-15-16-13(21-11)18-7-5-17(6-8-18)12(20)9-3-4-10(19)14-9/h9H,2-8H2,1H3,(H,14,19). The van der Waals surface area contributed by atoms with Gasteiger partial charge in [-0.3, -0.25) is 9.59 Å². The highest BCUT2D eigenvalue weighted by Gasteiger charge is 2.32. The van der Waals surface area contributed by atoms with Crippen LogP contribution in [0, 0.1) is 0 Å². The lowest BCUT2D eigenvalue weighted by Gasteiger charge is -2.34. The minimum atomic E-state index is -0.348. The first-order chi connectivity index (χ1) is 10.2.